The highest BCUT2D eigenvalue weighted by molar-refractivity contribution is 6.30. The molecular weight excluding hydrogens is 480 g/mol. The summed E-state index contributed by atoms with van der Waals surface area (Å²) in [4.78, 5) is 45.0. The molecule has 3 rings (SSSR count). The molecule has 0 aliphatic carbocycles. The number of nitrogens with one attached hydrogen (secondary N) is 2. The van der Waals surface area contributed by atoms with Gasteiger partial charge in [0.05, 0.1) is 22.9 Å². The minimum atomic E-state index is -0.918. The minimum Gasteiger partial charge on any atom is -0.444 e. The summed E-state index contributed by atoms with van der Waals surface area (Å²) in [5, 5.41) is 5.67. The van der Waals surface area contributed by atoms with Gasteiger partial charge in [0.15, 0.2) is 0 Å². The first-order valence-corrected chi connectivity index (χ1v) is 12.5. The lowest BCUT2D eigenvalue weighted by Gasteiger charge is -2.42. The van der Waals surface area contributed by atoms with Crippen molar-refractivity contribution in [1.29, 1.82) is 0 Å². The van der Waals surface area contributed by atoms with Crippen molar-refractivity contribution < 1.29 is 19.1 Å². The van der Waals surface area contributed by atoms with Gasteiger partial charge in [-0.05, 0) is 56.7 Å². The molecule has 2 N–H and O–H groups in total. The van der Waals surface area contributed by atoms with Gasteiger partial charge >= 0.3 is 6.09 Å². The van der Waals surface area contributed by atoms with Crippen LogP contribution in [0.5, 0.6) is 0 Å². The van der Waals surface area contributed by atoms with Gasteiger partial charge in [-0.2, -0.15) is 0 Å². The van der Waals surface area contributed by atoms with E-state index in [9.17, 15) is 14.4 Å². The number of hydrogen-bond acceptors (Lipinski definition) is 5. The number of amides is 3. The molecule has 1 saturated heterocycles. The summed E-state index contributed by atoms with van der Waals surface area (Å²) in [6.45, 7) is 10.4. The lowest BCUT2D eigenvalue weighted by atomic mass is 9.69. The number of likely N-dealkylation sites (tertiary alicyclic amines) is 1. The second kappa shape index (κ2) is 10.9. The zero-order valence-electron chi connectivity index (χ0n) is 21.8. The fourth-order valence-corrected chi connectivity index (χ4v) is 4.70. The zero-order valence-corrected chi connectivity index (χ0v) is 22.5. The van der Waals surface area contributed by atoms with Crippen LogP contribution in [0.1, 0.15) is 74.9 Å². The topological polar surface area (TPSA) is 101 Å². The largest absolute Gasteiger partial charge is 0.444 e. The Morgan fingerprint density at radius 2 is 1.78 bits per heavy atom. The van der Waals surface area contributed by atoms with Crippen molar-refractivity contribution in [1.82, 2.24) is 15.2 Å². The van der Waals surface area contributed by atoms with Gasteiger partial charge in [0.2, 0.25) is 5.91 Å². The van der Waals surface area contributed by atoms with E-state index in [0.717, 1.165) is 11.1 Å². The van der Waals surface area contributed by atoms with Crippen molar-refractivity contribution in [2.75, 3.05) is 25.5 Å². The number of piperidine rings is 1. The van der Waals surface area contributed by atoms with Crippen LogP contribution in [-0.2, 0) is 14.9 Å². The summed E-state index contributed by atoms with van der Waals surface area (Å²) < 4.78 is 5.56. The third-order valence-electron chi connectivity index (χ3n) is 6.39. The van der Waals surface area contributed by atoms with E-state index in [2.05, 4.69) is 29.5 Å². The Bertz CT molecular complexity index is 1130. The fourth-order valence-electron chi connectivity index (χ4n) is 4.55. The molecule has 36 heavy (non-hydrogen) atoms. The van der Waals surface area contributed by atoms with Crippen LogP contribution in [0.3, 0.4) is 0 Å². The van der Waals surface area contributed by atoms with Gasteiger partial charge in [-0.1, -0.05) is 49.7 Å². The number of aromatic nitrogens is 1. The minimum absolute atomic E-state index is 0.150. The van der Waals surface area contributed by atoms with Crippen molar-refractivity contribution in [2.24, 2.45) is 0 Å². The van der Waals surface area contributed by atoms with E-state index < -0.39 is 17.1 Å². The molecule has 2 heterocycles. The molecule has 0 unspecified atom stereocenters. The predicted octanol–water partition coefficient (Wildman–Crippen LogP) is 5.13. The van der Waals surface area contributed by atoms with Gasteiger partial charge in [-0.25, -0.2) is 9.78 Å². The van der Waals surface area contributed by atoms with Crippen molar-refractivity contribution >= 4 is 35.2 Å². The van der Waals surface area contributed by atoms with Gasteiger partial charge in [0.25, 0.3) is 5.91 Å². The number of carbonyl (C=O) groups is 3. The summed E-state index contributed by atoms with van der Waals surface area (Å²) >= 11 is 6.02. The van der Waals surface area contributed by atoms with Crippen molar-refractivity contribution in [2.45, 2.75) is 64.4 Å². The molecule has 3 amide bonds. The molecule has 1 aromatic heterocycles. The molecule has 2 aromatic rings. The van der Waals surface area contributed by atoms with Crippen LogP contribution in [0.25, 0.3) is 0 Å². The first-order valence-electron chi connectivity index (χ1n) is 12.1. The Hall–Kier alpha value is -3.13. The number of carbonyl (C=O) groups excluding carboxylic acids is 3. The molecule has 1 aromatic carbocycles. The van der Waals surface area contributed by atoms with Crippen molar-refractivity contribution in [3.63, 3.8) is 0 Å². The summed E-state index contributed by atoms with van der Waals surface area (Å²) in [6.07, 6.45) is 1.80. The van der Waals surface area contributed by atoms with E-state index in [1.165, 1.54) is 19.3 Å². The number of ether oxygens (including phenoxy) is 1. The van der Waals surface area contributed by atoms with Gasteiger partial charge < -0.3 is 20.3 Å². The molecule has 0 saturated carbocycles. The molecule has 0 spiro atoms. The highest BCUT2D eigenvalue weighted by atomic mass is 35.5. The van der Waals surface area contributed by atoms with Crippen LogP contribution in [0.2, 0.25) is 5.15 Å². The first kappa shape index (κ1) is 27.5. The molecule has 9 heteroatoms. The highest BCUT2D eigenvalue weighted by Gasteiger charge is 2.46. The Kier molecular flexibility index (Phi) is 8.29. The maximum Gasteiger partial charge on any atom is 0.410 e. The van der Waals surface area contributed by atoms with E-state index >= 15 is 0 Å². The highest BCUT2D eigenvalue weighted by Crippen LogP contribution is 2.41. The number of pyridine rings is 1. The van der Waals surface area contributed by atoms with Gasteiger partial charge in [0, 0.05) is 20.1 Å². The van der Waals surface area contributed by atoms with E-state index in [4.69, 9.17) is 16.3 Å². The molecule has 0 atom stereocenters. The average molecular weight is 515 g/mol. The third kappa shape index (κ3) is 5.98. The quantitative estimate of drug-likeness (QED) is 0.539. The first-order chi connectivity index (χ1) is 16.9. The maximum atomic E-state index is 14.1. The molecule has 8 nitrogen and oxygen atoms in total. The summed E-state index contributed by atoms with van der Waals surface area (Å²) in [5.74, 6) is -0.451. The third-order valence-corrected chi connectivity index (χ3v) is 6.60. The van der Waals surface area contributed by atoms with Crippen LogP contribution in [-0.4, -0.2) is 53.5 Å². The van der Waals surface area contributed by atoms with E-state index in [1.54, 1.807) is 4.90 Å². The van der Waals surface area contributed by atoms with Crippen LogP contribution in [0.4, 0.5) is 10.5 Å². The van der Waals surface area contributed by atoms with Crippen LogP contribution < -0.4 is 10.6 Å². The second-order valence-electron chi connectivity index (χ2n) is 10.4. The summed E-state index contributed by atoms with van der Waals surface area (Å²) in [6, 6.07) is 9.34. The van der Waals surface area contributed by atoms with Crippen LogP contribution in [0.15, 0.2) is 36.5 Å². The molecule has 194 valence electrons. The zero-order chi connectivity index (χ0) is 26.7. The SMILES string of the molecule is CNC(=O)c1cc(Cl)ncc1NC(=O)C1(c2ccccc2C(C)C)CCN(C(=O)OC(C)(C)C)CC1. The molecule has 1 aliphatic rings. The van der Waals surface area contributed by atoms with E-state index in [1.807, 2.05) is 45.0 Å². The normalized spacial score (nSPS) is 15.4. The van der Waals surface area contributed by atoms with Gasteiger partial charge in [-0.3, -0.25) is 9.59 Å². The van der Waals surface area contributed by atoms with Crippen LogP contribution in [0, 0.1) is 0 Å². The fraction of sp³-hybridized carbons (Fsp3) is 0.481. The van der Waals surface area contributed by atoms with Gasteiger partial charge in [-0.15, -0.1) is 0 Å². The monoisotopic (exact) mass is 514 g/mol. The Morgan fingerprint density at radius 3 is 2.36 bits per heavy atom. The predicted molar refractivity (Wildman–Crippen MR) is 141 cm³/mol. The number of anilines is 1. The van der Waals surface area contributed by atoms with Crippen molar-refractivity contribution in [3.05, 3.63) is 58.4 Å². The number of hydrogen-bond donors (Lipinski definition) is 2. The Morgan fingerprint density at radius 1 is 1.14 bits per heavy atom. The molecule has 0 radical (unpaired) electrons. The maximum absolute atomic E-state index is 14.1. The number of rotatable bonds is 5. The van der Waals surface area contributed by atoms with E-state index in [0.29, 0.717) is 25.9 Å². The summed E-state index contributed by atoms with van der Waals surface area (Å²) in [5.41, 5.74) is 0.970. The second-order valence-corrected chi connectivity index (χ2v) is 10.8. The molecular formula is C27H35ClN4O4. The van der Waals surface area contributed by atoms with Gasteiger partial charge in [0.1, 0.15) is 10.8 Å². The standard InChI is InChI=1S/C27H35ClN4O4/c1-17(2)18-9-7-8-10-20(18)27(11-13-32(14-12-27)25(35)36-26(3,4)5)24(34)31-21-16-30-22(28)15-19(21)23(33)29-6/h7-10,15-17H,11-14H2,1-6H3,(H,29,33)(H,31,34). The Balaban J connectivity index is 2.00. The van der Waals surface area contributed by atoms with Crippen LogP contribution >= 0.6 is 11.6 Å². The number of halogens is 1. The number of nitrogens with zero attached hydrogens (tertiary/aromatic N) is 2. The lowest BCUT2D eigenvalue weighted by Crippen LogP contribution is -2.52. The average Bonchev–Trinajstić information content (AvgIpc) is 2.83. The molecule has 0 bridgehead atoms. The molecule has 1 aliphatic heterocycles. The smallest absolute Gasteiger partial charge is 0.410 e. The Labute approximate surface area is 217 Å². The van der Waals surface area contributed by atoms with E-state index in [-0.39, 0.29) is 34.1 Å². The molecule has 1 fully saturated rings. The van der Waals surface area contributed by atoms with Crippen molar-refractivity contribution in [3.8, 4) is 0 Å². The lowest BCUT2D eigenvalue weighted by molar-refractivity contribution is -0.123. The summed E-state index contributed by atoms with van der Waals surface area (Å²) in [7, 11) is 1.51. The number of benzene rings is 1.